The van der Waals surface area contributed by atoms with Crippen molar-refractivity contribution >= 4 is 11.6 Å². The third kappa shape index (κ3) is 3.13. The average molecular weight is 306 g/mol. The molecule has 3 rings (SSSR count). The van der Waals surface area contributed by atoms with Crippen LogP contribution in [0.3, 0.4) is 0 Å². The van der Waals surface area contributed by atoms with E-state index in [2.05, 4.69) is 15.3 Å². The van der Waals surface area contributed by atoms with Crippen molar-refractivity contribution in [1.82, 2.24) is 14.5 Å². The molecule has 0 aliphatic rings. The first-order valence-electron chi connectivity index (χ1n) is 7.42. The summed E-state index contributed by atoms with van der Waals surface area (Å²) in [6.45, 7) is 5.80. The minimum absolute atomic E-state index is 0.305. The van der Waals surface area contributed by atoms with Crippen LogP contribution in [0, 0.1) is 20.8 Å². The Morgan fingerprint density at radius 1 is 0.957 bits per heavy atom. The first kappa shape index (κ1) is 15.0. The second kappa shape index (κ2) is 6.04. The van der Waals surface area contributed by atoms with E-state index in [0.29, 0.717) is 11.8 Å². The number of nitrogens with one attached hydrogen (secondary N) is 1. The van der Waals surface area contributed by atoms with Crippen LogP contribution in [0.5, 0.6) is 0 Å². The van der Waals surface area contributed by atoms with Gasteiger partial charge < -0.3 is 5.32 Å². The molecule has 0 saturated heterocycles. The highest BCUT2D eigenvalue weighted by molar-refractivity contribution is 5.52. The fourth-order valence-electron chi connectivity index (χ4n) is 2.55. The molecule has 0 amide bonds. The van der Waals surface area contributed by atoms with Crippen LogP contribution in [-0.2, 0) is 0 Å². The maximum absolute atomic E-state index is 12.5. The number of aromatic nitrogens is 3. The average Bonchev–Trinajstić information content (AvgIpc) is 2.50. The van der Waals surface area contributed by atoms with Crippen LogP contribution in [0.25, 0.3) is 5.69 Å². The van der Waals surface area contributed by atoms with Crippen LogP contribution < -0.4 is 11.0 Å². The zero-order valence-corrected chi connectivity index (χ0v) is 13.4. The lowest BCUT2D eigenvalue weighted by Gasteiger charge is -2.13. The summed E-state index contributed by atoms with van der Waals surface area (Å²) >= 11 is 0. The van der Waals surface area contributed by atoms with Gasteiger partial charge in [0, 0.05) is 5.69 Å². The quantitative estimate of drug-likeness (QED) is 0.806. The van der Waals surface area contributed by atoms with E-state index >= 15 is 0 Å². The molecule has 1 heterocycles. The predicted octanol–water partition coefficient (Wildman–Crippen LogP) is 3.30. The van der Waals surface area contributed by atoms with Crippen molar-refractivity contribution in [1.29, 1.82) is 0 Å². The highest BCUT2D eigenvalue weighted by Gasteiger charge is 2.11. The SMILES string of the molecule is Cc1ccc(-n2c(C)nc(Nc3ccccc3)nc2=O)c(C)c1. The molecular formula is C18H18N4O. The zero-order chi connectivity index (χ0) is 16.4. The van der Waals surface area contributed by atoms with Crippen molar-refractivity contribution in [3.63, 3.8) is 0 Å². The van der Waals surface area contributed by atoms with Crippen molar-refractivity contribution < 1.29 is 0 Å². The maximum atomic E-state index is 12.5. The van der Waals surface area contributed by atoms with Crippen molar-refractivity contribution in [2.24, 2.45) is 0 Å². The van der Waals surface area contributed by atoms with Gasteiger partial charge in [0.1, 0.15) is 5.82 Å². The molecule has 5 heteroatoms. The number of rotatable bonds is 3. The second-order valence-electron chi connectivity index (χ2n) is 5.49. The second-order valence-corrected chi connectivity index (χ2v) is 5.49. The number of hydrogen-bond donors (Lipinski definition) is 1. The van der Waals surface area contributed by atoms with Gasteiger partial charge in [0.2, 0.25) is 5.95 Å². The highest BCUT2D eigenvalue weighted by Crippen LogP contribution is 2.16. The monoisotopic (exact) mass is 306 g/mol. The maximum Gasteiger partial charge on any atom is 0.356 e. The number of hydrogen-bond acceptors (Lipinski definition) is 4. The summed E-state index contributed by atoms with van der Waals surface area (Å²) in [5.41, 5.74) is 3.48. The van der Waals surface area contributed by atoms with Gasteiger partial charge in [-0.3, -0.25) is 0 Å². The van der Waals surface area contributed by atoms with E-state index in [9.17, 15) is 4.79 Å². The van der Waals surface area contributed by atoms with Crippen molar-refractivity contribution in [2.45, 2.75) is 20.8 Å². The van der Waals surface area contributed by atoms with Gasteiger partial charge in [-0.2, -0.15) is 9.97 Å². The molecule has 0 radical (unpaired) electrons. The Labute approximate surface area is 134 Å². The molecule has 0 spiro atoms. The minimum Gasteiger partial charge on any atom is -0.324 e. The van der Waals surface area contributed by atoms with Crippen LogP contribution in [-0.4, -0.2) is 14.5 Å². The first-order chi connectivity index (χ1) is 11.0. The molecule has 2 aromatic carbocycles. The number of para-hydroxylation sites is 1. The van der Waals surface area contributed by atoms with Crippen LogP contribution in [0.2, 0.25) is 0 Å². The Hall–Kier alpha value is -2.95. The standard InChI is InChI=1S/C18H18N4O/c1-12-9-10-16(13(2)11-12)22-14(3)19-17(21-18(22)23)20-15-7-5-4-6-8-15/h4-11H,1-3H3,(H,20,21,23). The Morgan fingerprint density at radius 2 is 1.70 bits per heavy atom. The van der Waals surface area contributed by atoms with Gasteiger partial charge in [0.05, 0.1) is 5.69 Å². The van der Waals surface area contributed by atoms with E-state index in [0.717, 1.165) is 22.5 Å². The van der Waals surface area contributed by atoms with Crippen LogP contribution >= 0.6 is 0 Å². The van der Waals surface area contributed by atoms with Crippen molar-refractivity contribution in [2.75, 3.05) is 5.32 Å². The van der Waals surface area contributed by atoms with Gasteiger partial charge in [0.25, 0.3) is 0 Å². The molecule has 1 aromatic heterocycles. The predicted molar refractivity (Wildman–Crippen MR) is 91.6 cm³/mol. The summed E-state index contributed by atoms with van der Waals surface area (Å²) in [4.78, 5) is 20.9. The van der Waals surface area contributed by atoms with E-state index < -0.39 is 0 Å². The van der Waals surface area contributed by atoms with Crippen molar-refractivity contribution in [3.05, 3.63) is 76.0 Å². The number of nitrogens with zero attached hydrogens (tertiary/aromatic N) is 3. The van der Waals surface area contributed by atoms with Gasteiger partial charge in [-0.25, -0.2) is 9.36 Å². The fraction of sp³-hybridized carbons (Fsp3) is 0.167. The first-order valence-corrected chi connectivity index (χ1v) is 7.42. The highest BCUT2D eigenvalue weighted by atomic mass is 16.1. The lowest BCUT2D eigenvalue weighted by atomic mass is 10.1. The smallest absolute Gasteiger partial charge is 0.324 e. The van der Waals surface area contributed by atoms with Crippen LogP contribution in [0.15, 0.2) is 53.3 Å². The summed E-state index contributed by atoms with van der Waals surface area (Å²) in [7, 11) is 0. The Balaban J connectivity index is 2.03. The Bertz CT molecular complexity index is 901. The number of aryl methyl sites for hydroxylation is 3. The molecule has 0 atom stereocenters. The Morgan fingerprint density at radius 3 is 2.35 bits per heavy atom. The Kier molecular flexibility index (Phi) is 3.93. The van der Waals surface area contributed by atoms with E-state index in [-0.39, 0.29) is 5.69 Å². The third-order valence-electron chi connectivity index (χ3n) is 3.61. The largest absolute Gasteiger partial charge is 0.356 e. The van der Waals surface area contributed by atoms with E-state index in [1.54, 1.807) is 6.92 Å². The number of anilines is 2. The molecule has 0 aliphatic heterocycles. The van der Waals surface area contributed by atoms with E-state index in [4.69, 9.17) is 0 Å². The van der Waals surface area contributed by atoms with Gasteiger partial charge >= 0.3 is 5.69 Å². The molecule has 0 saturated carbocycles. The van der Waals surface area contributed by atoms with E-state index in [1.807, 2.05) is 62.4 Å². The van der Waals surface area contributed by atoms with Crippen LogP contribution in [0.4, 0.5) is 11.6 Å². The van der Waals surface area contributed by atoms with Gasteiger partial charge in [-0.1, -0.05) is 35.9 Å². The fourth-order valence-corrected chi connectivity index (χ4v) is 2.55. The normalized spacial score (nSPS) is 10.6. The van der Waals surface area contributed by atoms with Gasteiger partial charge in [-0.05, 0) is 44.5 Å². The van der Waals surface area contributed by atoms with Gasteiger partial charge in [0.15, 0.2) is 0 Å². The molecule has 0 aliphatic carbocycles. The summed E-state index contributed by atoms with van der Waals surface area (Å²) in [5.74, 6) is 0.898. The summed E-state index contributed by atoms with van der Waals surface area (Å²) in [6, 6.07) is 15.5. The molecule has 0 fully saturated rings. The molecule has 0 bridgehead atoms. The summed E-state index contributed by atoms with van der Waals surface area (Å²) < 4.78 is 1.53. The molecule has 3 aromatic rings. The van der Waals surface area contributed by atoms with Crippen molar-refractivity contribution in [3.8, 4) is 5.69 Å². The molecule has 1 N–H and O–H groups in total. The molecule has 5 nitrogen and oxygen atoms in total. The topological polar surface area (TPSA) is 59.8 Å². The van der Waals surface area contributed by atoms with E-state index in [1.165, 1.54) is 4.57 Å². The van der Waals surface area contributed by atoms with Gasteiger partial charge in [-0.15, -0.1) is 0 Å². The summed E-state index contributed by atoms with van der Waals surface area (Å²) in [5, 5.41) is 3.05. The van der Waals surface area contributed by atoms with Crippen LogP contribution in [0.1, 0.15) is 17.0 Å². The lowest BCUT2D eigenvalue weighted by Crippen LogP contribution is -2.26. The minimum atomic E-state index is -0.345. The molecule has 116 valence electrons. The molecule has 23 heavy (non-hydrogen) atoms. The number of benzene rings is 2. The third-order valence-corrected chi connectivity index (χ3v) is 3.61. The zero-order valence-electron chi connectivity index (χ0n) is 13.4. The lowest BCUT2D eigenvalue weighted by molar-refractivity contribution is 0.810. The summed E-state index contributed by atoms with van der Waals surface area (Å²) in [6.07, 6.45) is 0. The molecular weight excluding hydrogens is 288 g/mol. The molecule has 0 unspecified atom stereocenters.